The van der Waals surface area contributed by atoms with Crippen molar-refractivity contribution in [3.8, 4) is 11.5 Å². The highest BCUT2D eigenvalue weighted by Gasteiger charge is 2.36. The van der Waals surface area contributed by atoms with Gasteiger partial charge in [-0.05, 0) is 81.3 Å². The first-order chi connectivity index (χ1) is 17.0. The Labute approximate surface area is 220 Å². The van der Waals surface area contributed by atoms with E-state index >= 15 is 0 Å². The molecule has 4 rings (SSSR count). The average Bonchev–Trinajstić information content (AvgIpc) is 3.12. The van der Waals surface area contributed by atoms with Gasteiger partial charge in [0.15, 0.2) is 0 Å². The van der Waals surface area contributed by atoms with Crippen LogP contribution < -0.4 is 20.1 Å². The summed E-state index contributed by atoms with van der Waals surface area (Å²) in [4.78, 5) is 35.4. The minimum atomic E-state index is -0.469. The van der Waals surface area contributed by atoms with Crippen LogP contribution in [0.3, 0.4) is 0 Å². The van der Waals surface area contributed by atoms with Crippen LogP contribution in [0.25, 0.3) is 0 Å². The molecule has 2 aliphatic rings. The molecule has 0 bridgehead atoms. The number of rotatable bonds is 6. The Morgan fingerprint density at radius 3 is 2.50 bits per heavy atom. The summed E-state index contributed by atoms with van der Waals surface area (Å²) in [6.07, 6.45) is 2.63. The number of amides is 2. The smallest absolute Gasteiger partial charge is 0.308 e. The summed E-state index contributed by atoms with van der Waals surface area (Å²) in [7, 11) is 0. The largest absolute Gasteiger partial charge is 0.487 e. The van der Waals surface area contributed by atoms with Crippen LogP contribution in [0.4, 0.5) is 10.5 Å². The minimum Gasteiger partial charge on any atom is -0.487 e. The summed E-state index contributed by atoms with van der Waals surface area (Å²) in [6, 6.07) is 7.72. The number of esters is 1. The van der Waals surface area contributed by atoms with Crippen LogP contribution in [-0.4, -0.2) is 33.0 Å². The Morgan fingerprint density at radius 1 is 1.19 bits per heavy atom. The molecule has 2 N–H and O–H groups in total. The zero-order valence-corrected chi connectivity index (χ0v) is 22.7. The van der Waals surface area contributed by atoms with Crippen molar-refractivity contribution in [1.82, 2.24) is 5.32 Å². The molecule has 9 heteroatoms. The number of thioether (sulfide) groups is 1. The van der Waals surface area contributed by atoms with Gasteiger partial charge in [0.25, 0.3) is 5.24 Å². The molecule has 190 valence electrons. The van der Waals surface area contributed by atoms with E-state index in [9.17, 15) is 14.4 Å². The average molecular weight is 527 g/mol. The van der Waals surface area contributed by atoms with Gasteiger partial charge >= 0.3 is 5.97 Å². The number of imide groups is 1. The molecule has 0 aliphatic carbocycles. The number of ether oxygens (including phenoxy) is 2. The van der Waals surface area contributed by atoms with Crippen LogP contribution in [0.15, 0.2) is 24.3 Å². The van der Waals surface area contributed by atoms with E-state index in [0.717, 1.165) is 63.9 Å². The highest BCUT2D eigenvalue weighted by atomic mass is 32.2. The van der Waals surface area contributed by atoms with Crippen molar-refractivity contribution in [2.24, 2.45) is 0 Å². The number of carbonyl (C=O) groups is 3. The quantitative estimate of drug-likeness (QED) is 0.296. The lowest BCUT2D eigenvalue weighted by Gasteiger charge is -2.38. The Hall–Kier alpha value is -2.91. The second kappa shape index (κ2) is 10.2. The first-order valence-electron chi connectivity index (χ1n) is 11.9. The van der Waals surface area contributed by atoms with Crippen molar-refractivity contribution in [1.29, 1.82) is 0 Å². The molecule has 2 atom stereocenters. The molecule has 36 heavy (non-hydrogen) atoms. The molecule has 0 radical (unpaired) electrons. The van der Waals surface area contributed by atoms with E-state index in [-0.39, 0.29) is 22.4 Å². The van der Waals surface area contributed by atoms with Crippen LogP contribution >= 0.6 is 24.0 Å². The second-order valence-electron chi connectivity index (χ2n) is 9.67. The number of carbonyl (C=O) groups excluding carboxylic acids is 3. The maximum absolute atomic E-state index is 11.8. The first kappa shape index (κ1) is 26.2. The minimum absolute atomic E-state index is 0.237. The summed E-state index contributed by atoms with van der Waals surface area (Å²) in [6.45, 7) is 9.40. The van der Waals surface area contributed by atoms with Crippen LogP contribution in [-0.2, 0) is 22.4 Å². The number of nitrogens with one attached hydrogen (secondary N) is 2. The van der Waals surface area contributed by atoms with Gasteiger partial charge in [-0.2, -0.15) is 0 Å². The van der Waals surface area contributed by atoms with Crippen molar-refractivity contribution >= 4 is 51.8 Å². The predicted octanol–water partition coefficient (Wildman–Crippen LogP) is 5.34. The molecule has 0 spiro atoms. The van der Waals surface area contributed by atoms with E-state index in [2.05, 4.69) is 17.6 Å². The molecule has 1 fully saturated rings. The van der Waals surface area contributed by atoms with Gasteiger partial charge in [-0.25, -0.2) is 0 Å². The molecular formula is C27H30N2O5S2. The number of benzene rings is 2. The Kier molecular flexibility index (Phi) is 7.43. The van der Waals surface area contributed by atoms with Crippen molar-refractivity contribution in [3.63, 3.8) is 0 Å². The third-order valence-corrected chi connectivity index (χ3v) is 8.00. The van der Waals surface area contributed by atoms with Gasteiger partial charge in [-0.3, -0.25) is 19.7 Å². The van der Waals surface area contributed by atoms with Gasteiger partial charge < -0.3 is 14.8 Å². The van der Waals surface area contributed by atoms with Crippen molar-refractivity contribution < 1.29 is 23.9 Å². The fourth-order valence-corrected chi connectivity index (χ4v) is 6.00. The lowest BCUT2D eigenvalue weighted by molar-refractivity contribution is -0.132. The SMILES string of the molecule is CC(=O)Oc1c(C)c(C)c2c(c1C)CCC(C)(CC(=S)Nc1ccc(CC3SC(=O)NC3=O)cc1)O2. The third-order valence-electron chi connectivity index (χ3n) is 6.77. The maximum atomic E-state index is 11.8. The zero-order valence-electron chi connectivity index (χ0n) is 21.1. The molecule has 2 aromatic rings. The standard InChI is InChI=1S/C27H30N2O5S2/c1-14-15(2)24-20(16(3)23(14)33-17(4)30)10-11-27(5,34-24)13-22(35)28-19-8-6-18(7-9-19)12-21-25(31)29-26(32)36-21/h6-9,21H,10-13H2,1-5H3,(H,28,35)(H,29,31,32). The Bertz CT molecular complexity index is 1260. The van der Waals surface area contributed by atoms with Gasteiger partial charge in [0.05, 0.1) is 10.2 Å². The van der Waals surface area contributed by atoms with E-state index in [1.54, 1.807) is 0 Å². The molecular weight excluding hydrogens is 496 g/mol. The maximum Gasteiger partial charge on any atom is 0.308 e. The monoisotopic (exact) mass is 526 g/mol. The molecule has 2 aliphatic heterocycles. The summed E-state index contributed by atoms with van der Waals surface area (Å²) < 4.78 is 12.1. The van der Waals surface area contributed by atoms with Crippen LogP contribution in [0.5, 0.6) is 11.5 Å². The lowest BCUT2D eigenvalue weighted by Crippen LogP contribution is -2.40. The highest BCUT2D eigenvalue weighted by molar-refractivity contribution is 8.15. The number of hydrogen-bond acceptors (Lipinski definition) is 7. The van der Waals surface area contributed by atoms with Crippen LogP contribution in [0, 0.1) is 20.8 Å². The zero-order chi connectivity index (χ0) is 26.2. The highest BCUT2D eigenvalue weighted by Crippen LogP contribution is 2.44. The summed E-state index contributed by atoms with van der Waals surface area (Å²) in [5, 5.41) is 4.94. The van der Waals surface area contributed by atoms with Crippen LogP contribution in [0.1, 0.15) is 54.5 Å². The Morgan fingerprint density at radius 2 is 1.89 bits per heavy atom. The lowest BCUT2D eigenvalue weighted by atomic mass is 9.85. The molecule has 2 amide bonds. The molecule has 0 aromatic heterocycles. The number of fused-ring (bicyclic) bond motifs is 1. The summed E-state index contributed by atoms with van der Waals surface area (Å²) in [5.74, 6) is 0.919. The van der Waals surface area contributed by atoms with Crippen molar-refractivity contribution in [2.45, 2.75) is 71.2 Å². The van der Waals surface area contributed by atoms with Gasteiger partial charge in [-0.1, -0.05) is 36.1 Å². The Balaban J connectivity index is 1.41. The number of hydrogen-bond donors (Lipinski definition) is 2. The van der Waals surface area contributed by atoms with E-state index in [1.807, 2.05) is 45.0 Å². The topological polar surface area (TPSA) is 93.7 Å². The van der Waals surface area contributed by atoms with Gasteiger partial charge in [0, 0.05) is 24.6 Å². The van der Waals surface area contributed by atoms with Crippen molar-refractivity contribution in [2.75, 3.05) is 5.32 Å². The van der Waals surface area contributed by atoms with E-state index in [4.69, 9.17) is 21.7 Å². The van der Waals surface area contributed by atoms with Gasteiger partial charge in [0.2, 0.25) is 5.91 Å². The number of thiocarbonyl (C=S) groups is 1. The number of anilines is 1. The molecule has 7 nitrogen and oxygen atoms in total. The third kappa shape index (κ3) is 5.57. The van der Waals surface area contributed by atoms with E-state index in [0.29, 0.717) is 23.6 Å². The fourth-order valence-electron chi connectivity index (χ4n) is 4.71. The van der Waals surface area contributed by atoms with Gasteiger partial charge in [0.1, 0.15) is 17.1 Å². The van der Waals surface area contributed by atoms with Crippen LogP contribution in [0.2, 0.25) is 0 Å². The summed E-state index contributed by atoms with van der Waals surface area (Å²) in [5.41, 5.74) is 5.27. The van der Waals surface area contributed by atoms with Gasteiger partial charge in [-0.15, -0.1) is 0 Å². The second-order valence-corrected chi connectivity index (χ2v) is 11.3. The van der Waals surface area contributed by atoms with E-state index < -0.39 is 5.60 Å². The first-order valence-corrected chi connectivity index (χ1v) is 13.1. The molecule has 2 aromatic carbocycles. The van der Waals surface area contributed by atoms with Crippen molar-refractivity contribution in [3.05, 3.63) is 52.1 Å². The molecule has 2 unspecified atom stereocenters. The molecule has 2 heterocycles. The molecule has 1 saturated heterocycles. The fraction of sp³-hybridized carbons (Fsp3) is 0.407. The predicted molar refractivity (Wildman–Crippen MR) is 145 cm³/mol. The molecule has 0 saturated carbocycles. The normalized spacial score (nSPS) is 20.9. The summed E-state index contributed by atoms with van der Waals surface area (Å²) >= 11 is 6.71. The van der Waals surface area contributed by atoms with E-state index in [1.165, 1.54) is 6.92 Å².